The summed E-state index contributed by atoms with van der Waals surface area (Å²) >= 11 is 0. The zero-order chi connectivity index (χ0) is 6.10. The topological polar surface area (TPSA) is 57.1 Å². The van der Waals surface area contributed by atoms with Crippen LogP contribution in [-0.2, 0) is 0 Å². The number of hydrogen-bond acceptors (Lipinski definition) is 5. The molecule has 0 saturated heterocycles. The SMILES string of the molecule is c1nnc2c(n1)OCO2. The van der Waals surface area contributed by atoms with Crippen LogP contribution in [0.1, 0.15) is 0 Å². The average molecular weight is 125 g/mol. The lowest BCUT2D eigenvalue weighted by atomic mass is 10.8. The molecule has 0 atom stereocenters. The van der Waals surface area contributed by atoms with E-state index in [0.29, 0.717) is 11.8 Å². The number of nitrogens with zero attached hydrogens (tertiary/aromatic N) is 3. The first-order chi connectivity index (χ1) is 4.47. The van der Waals surface area contributed by atoms with Crippen molar-refractivity contribution in [3.05, 3.63) is 6.33 Å². The third-order valence-corrected chi connectivity index (χ3v) is 0.949. The lowest BCUT2D eigenvalue weighted by molar-refractivity contribution is 0.168. The first kappa shape index (κ1) is 4.49. The van der Waals surface area contributed by atoms with Crippen LogP contribution >= 0.6 is 0 Å². The van der Waals surface area contributed by atoms with E-state index in [0.717, 1.165) is 0 Å². The highest BCUT2D eigenvalue weighted by Gasteiger charge is 2.14. The summed E-state index contributed by atoms with van der Waals surface area (Å²) < 4.78 is 9.70. The van der Waals surface area contributed by atoms with Crippen LogP contribution in [0.15, 0.2) is 6.33 Å². The van der Waals surface area contributed by atoms with Gasteiger partial charge in [0, 0.05) is 0 Å². The first-order valence-corrected chi connectivity index (χ1v) is 2.40. The quantitative estimate of drug-likeness (QED) is 0.472. The highest BCUT2D eigenvalue weighted by Crippen LogP contribution is 2.23. The first-order valence-electron chi connectivity index (χ1n) is 2.40. The molecule has 0 amide bonds. The average Bonchev–Trinajstić information content (AvgIpc) is 2.33. The maximum absolute atomic E-state index is 4.86. The second-order valence-electron chi connectivity index (χ2n) is 1.48. The molecule has 0 N–H and O–H groups in total. The van der Waals surface area contributed by atoms with Crippen LogP contribution in [0.4, 0.5) is 0 Å². The molecule has 0 fully saturated rings. The van der Waals surface area contributed by atoms with Gasteiger partial charge in [0.1, 0.15) is 6.33 Å². The number of ether oxygens (including phenoxy) is 2. The maximum atomic E-state index is 4.86. The van der Waals surface area contributed by atoms with E-state index >= 15 is 0 Å². The Morgan fingerprint density at radius 2 is 2.22 bits per heavy atom. The smallest absolute Gasteiger partial charge is 0.300 e. The van der Waals surface area contributed by atoms with E-state index in [1.54, 1.807) is 0 Å². The summed E-state index contributed by atoms with van der Waals surface area (Å²) in [5.74, 6) is 0.794. The number of rotatable bonds is 0. The molecule has 1 aliphatic heterocycles. The van der Waals surface area contributed by atoms with Crippen molar-refractivity contribution in [2.24, 2.45) is 0 Å². The second-order valence-corrected chi connectivity index (χ2v) is 1.48. The molecule has 0 aromatic carbocycles. The molecule has 0 unspecified atom stereocenters. The molecule has 0 bridgehead atoms. The molecule has 0 saturated carbocycles. The van der Waals surface area contributed by atoms with E-state index in [4.69, 9.17) is 9.47 Å². The molecule has 2 rings (SSSR count). The molecule has 2 heterocycles. The lowest BCUT2D eigenvalue weighted by Crippen LogP contribution is -1.93. The predicted molar refractivity (Wildman–Crippen MR) is 25.9 cm³/mol. The summed E-state index contributed by atoms with van der Waals surface area (Å²) in [6, 6.07) is 0. The molecule has 1 aromatic rings. The highest BCUT2D eigenvalue weighted by atomic mass is 16.7. The molecule has 9 heavy (non-hydrogen) atoms. The number of hydrogen-bond donors (Lipinski definition) is 0. The normalized spacial score (nSPS) is 13.8. The van der Waals surface area contributed by atoms with Crippen LogP contribution in [0.3, 0.4) is 0 Å². The minimum absolute atomic E-state index is 0.195. The van der Waals surface area contributed by atoms with Crippen molar-refractivity contribution in [1.29, 1.82) is 0 Å². The van der Waals surface area contributed by atoms with Gasteiger partial charge in [-0.05, 0) is 0 Å². The van der Waals surface area contributed by atoms with E-state index in [1.807, 2.05) is 0 Å². The molecule has 5 heteroatoms. The minimum Gasteiger partial charge on any atom is -0.436 e. The molecular weight excluding hydrogens is 122 g/mol. The zero-order valence-corrected chi connectivity index (χ0v) is 4.44. The van der Waals surface area contributed by atoms with Gasteiger partial charge >= 0.3 is 0 Å². The van der Waals surface area contributed by atoms with Gasteiger partial charge in [-0.1, -0.05) is 0 Å². The minimum atomic E-state index is 0.195. The van der Waals surface area contributed by atoms with E-state index in [-0.39, 0.29) is 6.79 Å². The number of aromatic nitrogens is 3. The van der Waals surface area contributed by atoms with Gasteiger partial charge in [-0.3, -0.25) is 0 Å². The van der Waals surface area contributed by atoms with Crippen molar-refractivity contribution in [2.45, 2.75) is 0 Å². The Balaban J connectivity index is 2.54. The Hall–Kier alpha value is -1.39. The Kier molecular flexibility index (Phi) is 0.769. The van der Waals surface area contributed by atoms with Crippen LogP contribution in [0.25, 0.3) is 0 Å². The standard InChI is InChI=1S/C4H3N3O2/c1-5-3-4(7-6-1)9-2-8-3/h1H,2H2. The van der Waals surface area contributed by atoms with Crippen molar-refractivity contribution in [3.8, 4) is 11.8 Å². The molecule has 0 spiro atoms. The van der Waals surface area contributed by atoms with Crippen molar-refractivity contribution >= 4 is 0 Å². The van der Waals surface area contributed by atoms with Gasteiger partial charge in [0.05, 0.1) is 0 Å². The lowest BCUT2D eigenvalue weighted by Gasteiger charge is -1.86. The van der Waals surface area contributed by atoms with Crippen molar-refractivity contribution in [1.82, 2.24) is 15.2 Å². The van der Waals surface area contributed by atoms with Crippen LogP contribution in [-0.4, -0.2) is 22.0 Å². The monoisotopic (exact) mass is 125 g/mol. The van der Waals surface area contributed by atoms with Crippen LogP contribution in [0.5, 0.6) is 11.8 Å². The Morgan fingerprint density at radius 3 is 3.11 bits per heavy atom. The molecule has 1 aromatic heterocycles. The maximum Gasteiger partial charge on any atom is 0.300 e. The third kappa shape index (κ3) is 0.576. The van der Waals surface area contributed by atoms with Crippen LogP contribution < -0.4 is 9.47 Å². The summed E-state index contributed by atoms with van der Waals surface area (Å²) in [5, 5.41) is 7.09. The fourth-order valence-corrected chi connectivity index (χ4v) is 0.585. The van der Waals surface area contributed by atoms with Gasteiger partial charge in [0.2, 0.25) is 6.79 Å². The van der Waals surface area contributed by atoms with Gasteiger partial charge in [-0.25, -0.2) is 0 Å². The fraction of sp³-hybridized carbons (Fsp3) is 0.250. The van der Waals surface area contributed by atoms with Gasteiger partial charge < -0.3 is 9.47 Å². The van der Waals surface area contributed by atoms with Crippen LogP contribution in [0, 0.1) is 0 Å². The predicted octanol–water partition coefficient (Wildman–Crippen LogP) is -0.400. The van der Waals surface area contributed by atoms with E-state index < -0.39 is 0 Å². The van der Waals surface area contributed by atoms with Gasteiger partial charge in [0.15, 0.2) is 0 Å². The van der Waals surface area contributed by atoms with Crippen molar-refractivity contribution in [3.63, 3.8) is 0 Å². The molecule has 0 radical (unpaired) electrons. The summed E-state index contributed by atoms with van der Waals surface area (Å²) in [6.07, 6.45) is 1.31. The molecular formula is C4H3N3O2. The van der Waals surface area contributed by atoms with E-state index in [2.05, 4.69) is 15.2 Å². The summed E-state index contributed by atoms with van der Waals surface area (Å²) in [7, 11) is 0. The Morgan fingerprint density at radius 1 is 1.33 bits per heavy atom. The van der Waals surface area contributed by atoms with Gasteiger partial charge in [-0.2, -0.15) is 4.98 Å². The Bertz CT molecular complexity index is 204. The largest absolute Gasteiger partial charge is 0.436 e. The van der Waals surface area contributed by atoms with Crippen LogP contribution in [0.2, 0.25) is 0 Å². The highest BCUT2D eigenvalue weighted by molar-refractivity contribution is 5.24. The molecule has 46 valence electrons. The second kappa shape index (κ2) is 1.54. The van der Waals surface area contributed by atoms with Gasteiger partial charge in [-0.15, -0.1) is 10.2 Å². The zero-order valence-electron chi connectivity index (χ0n) is 4.44. The summed E-state index contributed by atoms with van der Waals surface area (Å²) in [5.41, 5.74) is 0. The van der Waals surface area contributed by atoms with E-state index in [1.165, 1.54) is 6.33 Å². The molecule has 5 nitrogen and oxygen atoms in total. The van der Waals surface area contributed by atoms with Gasteiger partial charge in [0.25, 0.3) is 11.8 Å². The fourth-order valence-electron chi connectivity index (χ4n) is 0.585. The molecule has 0 aliphatic carbocycles. The third-order valence-electron chi connectivity index (χ3n) is 0.949. The van der Waals surface area contributed by atoms with Crippen molar-refractivity contribution in [2.75, 3.05) is 6.79 Å². The summed E-state index contributed by atoms with van der Waals surface area (Å²) in [4.78, 5) is 3.74. The van der Waals surface area contributed by atoms with E-state index in [9.17, 15) is 0 Å². The number of fused-ring (bicyclic) bond motifs is 1. The molecule has 1 aliphatic rings. The summed E-state index contributed by atoms with van der Waals surface area (Å²) in [6.45, 7) is 0.195. The van der Waals surface area contributed by atoms with Crippen molar-refractivity contribution < 1.29 is 9.47 Å². The Labute approximate surface area is 50.6 Å².